The molecule has 7 nitrogen and oxygen atoms in total. The number of fused-ring (bicyclic) bond motifs is 1. The van der Waals surface area contributed by atoms with Crippen LogP contribution in [0.2, 0.25) is 5.02 Å². The number of rotatable bonds is 5. The Bertz CT molecular complexity index is 1450. The van der Waals surface area contributed by atoms with Crippen molar-refractivity contribution in [2.45, 2.75) is 6.92 Å². The van der Waals surface area contributed by atoms with Crippen LogP contribution < -0.4 is 16.4 Å². The van der Waals surface area contributed by atoms with Gasteiger partial charge in [-0.3, -0.25) is 9.20 Å². The Labute approximate surface area is 196 Å². The highest BCUT2D eigenvalue weighted by Gasteiger charge is 2.16. The lowest BCUT2D eigenvalue weighted by Crippen LogP contribution is -2.11. The molecule has 0 spiro atoms. The van der Waals surface area contributed by atoms with Gasteiger partial charge in [-0.2, -0.15) is 0 Å². The summed E-state index contributed by atoms with van der Waals surface area (Å²) in [6.45, 7) is 1.95. The summed E-state index contributed by atoms with van der Waals surface area (Å²) in [5, 5.41) is 8.26. The van der Waals surface area contributed by atoms with Gasteiger partial charge >= 0.3 is 0 Å². The van der Waals surface area contributed by atoms with Gasteiger partial charge in [-0.05, 0) is 43.3 Å². The summed E-state index contributed by atoms with van der Waals surface area (Å²) in [6, 6.07) is 14.5. The molecule has 4 N–H and O–H groups in total. The highest BCUT2D eigenvalue weighted by Crippen LogP contribution is 2.35. The zero-order valence-electron chi connectivity index (χ0n) is 16.8. The Hall–Kier alpha value is -3.40. The van der Waals surface area contributed by atoms with Crippen molar-refractivity contribution in [2.75, 3.05) is 16.4 Å². The van der Waals surface area contributed by atoms with E-state index in [1.165, 1.54) is 22.7 Å². The number of para-hydroxylation sites is 2. The second kappa shape index (κ2) is 8.27. The van der Waals surface area contributed by atoms with Gasteiger partial charge in [0.1, 0.15) is 0 Å². The molecule has 0 atom stereocenters. The topological polar surface area (TPSA) is 97.3 Å². The fraction of sp³-hybridized carbons (Fsp3) is 0.0455. The number of thiophene rings is 1. The third-order valence-corrected chi connectivity index (χ3v) is 7.00. The van der Waals surface area contributed by atoms with Crippen LogP contribution in [0.15, 0.2) is 60.9 Å². The highest BCUT2D eigenvalue weighted by molar-refractivity contribution is 7.20. The van der Waals surface area contributed by atoms with E-state index < -0.39 is 0 Å². The summed E-state index contributed by atoms with van der Waals surface area (Å²) in [7, 11) is 0. The number of halogens is 1. The molecule has 0 saturated heterocycles. The number of carbonyl (C=O) groups excluding carboxylic acids is 1. The van der Waals surface area contributed by atoms with E-state index in [-0.39, 0.29) is 5.91 Å². The summed E-state index contributed by atoms with van der Waals surface area (Å²) in [5.74, 6) is -0.209. The normalized spacial score (nSPS) is 11.1. The van der Waals surface area contributed by atoms with E-state index in [0.29, 0.717) is 21.3 Å². The Balaban J connectivity index is 1.35. The Morgan fingerprint density at radius 3 is 2.81 bits per heavy atom. The highest BCUT2D eigenvalue weighted by atomic mass is 35.5. The van der Waals surface area contributed by atoms with Crippen LogP contribution in [0.1, 0.15) is 15.4 Å². The molecule has 0 unspecified atom stereocenters. The van der Waals surface area contributed by atoms with Crippen LogP contribution in [0.3, 0.4) is 0 Å². The molecule has 0 radical (unpaired) electrons. The maximum Gasteiger partial charge on any atom is 0.265 e. The molecule has 0 aliphatic rings. The predicted octanol–water partition coefficient (Wildman–Crippen LogP) is 6.06. The number of hydrogen-bond acceptors (Lipinski definition) is 7. The number of aromatic nitrogens is 3. The third-order valence-electron chi connectivity index (χ3n) is 4.78. The maximum atomic E-state index is 12.6. The number of aryl methyl sites for hydroxylation is 1. The van der Waals surface area contributed by atoms with Gasteiger partial charge in [0.15, 0.2) is 10.8 Å². The summed E-state index contributed by atoms with van der Waals surface area (Å²) in [5.41, 5.74) is 9.58. The van der Waals surface area contributed by atoms with Crippen LogP contribution in [0.5, 0.6) is 0 Å². The van der Waals surface area contributed by atoms with Crippen molar-refractivity contribution in [2.24, 2.45) is 0 Å². The zero-order valence-corrected chi connectivity index (χ0v) is 19.2. The number of pyridine rings is 1. The Morgan fingerprint density at radius 2 is 1.97 bits per heavy atom. The van der Waals surface area contributed by atoms with E-state index in [1.807, 2.05) is 54.0 Å². The first-order valence-corrected chi connectivity index (χ1v) is 11.6. The van der Waals surface area contributed by atoms with Gasteiger partial charge in [0.2, 0.25) is 0 Å². The van der Waals surface area contributed by atoms with Crippen molar-refractivity contribution < 1.29 is 4.79 Å². The SMILES string of the molecule is Cc1nc2c(Cl)cccn2c1-c1cnc(Nc2ccc(C(=O)Nc3ccccc3N)s2)s1. The van der Waals surface area contributed by atoms with E-state index in [1.54, 1.807) is 18.2 Å². The van der Waals surface area contributed by atoms with Crippen LogP contribution in [0.25, 0.3) is 16.2 Å². The quantitative estimate of drug-likeness (QED) is 0.266. The molecule has 1 aromatic carbocycles. The van der Waals surface area contributed by atoms with Crippen LogP contribution in [-0.4, -0.2) is 20.3 Å². The monoisotopic (exact) mass is 480 g/mol. The smallest absolute Gasteiger partial charge is 0.265 e. The number of benzene rings is 1. The molecule has 0 aliphatic heterocycles. The standard InChI is InChI=1S/C22H17ClN6OS2/c1-12-19(29-10-4-5-13(23)20(29)26-12)17-11-25-22(32-17)28-18-9-8-16(31-18)21(30)27-15-7-3-2-6-14(15)24/h2-11H,24H2,1H3,(H,25,28)(H,27,30). The second-order valence-corrected chi connectivity index (χ2v) is 9.48. The second-order valence-electron chi connectivity index (χ2n) is 6.96. The van der Waals surface area contributed by atoms with Crippen LogP contribution in [-0.2, 0) is 0 Å². The number of amides is 1. The molecule has 0 saturated carbocycles. The average molecular weight is 481 g/mol. The van der Waals surface area contributed by atoms with Crippen LogP contribution >= 0.6 is 34.3 Å². The minimum atomic E-state index is -0.209. The van der Waals surface area contributed by atoms with Gasteiger partial charge in [-0.1, -0.05) is 35.1 Å². The van der Waals surface area contributed by atoms with Crippen molar-refractivity contribution in [3.63, 3.8) is 0 Å². The minimum Gasteiger partial charge on any atom is -0.397 e. The fourth-order valence-corrected chi connectivity index (χ4v) is 5.31. The molecule has 0 aliphatic carbocycles. The van der Waals surface area contributed by atoms with E-state index in [4.69, 9.17) is 17.3 Å². The Kier molecular flexibility index (Phi) is 5.30. The number of nitrogens with two attached hydrogens (primary N) is 1. The van der Waals surface area contributed by atoms with Gasteiger partial charge in [0.05, 0.1) is 42.5 Å². The number of anilines is 4. The molecule has 1 amide bonds. The number of nitrogens with one attached hydrogen (secondary N) is 2. The maximum absolute atomic E-state index is 12.6. The van der Waals surface area contributed by atoms with Gasteiger partial charge in [-0.15, -0.1) is 11.3 Å². The molecular formula is C22H17ClN6OS2. The molecule has 5 aromatic rings. The Morgan fingerprint density at radius 1 is 1.12 bits per heavy atom. The number of nitrogens with zero attached hydrogens (tertiary/aromatic N) is 3. The van der Waals surface area contributed by atoms with Crippen molar-refractivity contribution >= 4 is 67.3 Å². The third kappa shape index (κ3) is 3.81. The van der Waals surface area contributed by atoms with Gasteiger partial charge < -0.3 is 16.4 Å². The average Bonchev–Trinajstić information content (AvgIpc) is 3.49. The van der Waals surface area contributed by atoms with E-state index in [2.05, 4.69) is 20.6 Å². The molecule has 0 bridgehead atoms. The summed E-state index contributed by atoms with van der Waals surface area (Å²) >= 11 is 9.13. The van der Waals surface area contributed by atoms with Crippen molar-refractivity contribution in [1.82, 2.24) is 14.4 Å². The van der Waals surface area contributed by atoms with Crippen molar-refractivity contribution in [3.8, 4) is 10.6 Å². The first-order valence-electron chi connectivity index (χ1n) is 9.61. The molecule has 4 aromatic heterocycles. The molecule has 10 heteroatoms. The number of hydrogen-bond donors (Lipinski definition) is 3. The van der Waals surface area contributed by atoms with Crippen LogP contribution in [0, 0.1) is 6.92 Å². The number of nitrogen functional groups attached to an aromatic ring is 1. The number of carbonyl (C=O) groups is 1. The van der Waals surface area contributed by atoms with Gasteiger partial charge in [0.25, 0.3) is 5.91 Å². The molecule has 0 fully saturated rings. The molecular weight excluding hydrogens is 464 g/mol. The predicted molar refractivity (Wildman–Crippen MR) is 132 cm³/mol. The van der Waals surface area contributed by atoms with Crippen molar-refractivity contribution in [3.05, 3.63) is 76.5 Å². The first-order chi connectivity index (χ1) is 15.5. The first kappa shape index (κ1) is 20.5. The molecule has 160 valence electrons. The minimum absolute atomic E-state index is 0.209. The van der Waals surface area contributed by atoms with Crippen molar-refractivity contribution in [1.29, 1.82) is 0 Å². The zero-order chi connectivity index (χ0) is 22.2. The number of imidazole rings is 1. The van der Waals surface area contributed by atoms with E-state index >= 15 is 0 Å². The number of thiazole rings is 1. The lowest BCUT2D eigenvalue weighted by atomic mass is 10.2. The molecule has 4 heterocycles. The summed E-state index contributed by atoms with van der Waals surface area (Å²) in [6.07, 6.45) is 3.75. The van der Waals surface area contributed by atoms with E-state index in [0.717, 1.165) is 32.0 Å². The summed E-state index contributed by atoms with van der Waals surface area (Å²) < 4.78 is 1.97. The largest absolute Gasteiger partial charge is 0.397 e. The van der Waals surface area contributed by atoms with Crippen LogP contribution in [0.4, 0.5) is 21.5 Å². The van der Waals surface area contributed by atoms with Gasteiger partial charge in [0, 0.05) is 12.4 Å². The molecule has 5 rings (SSSR count). The lowest BCUT2D eigenvalue weighted by Gasteiger charge is -2.06. The summed E-state index contributed by atoms with van der Waals surface area (Å²) in [4.78, 5) is 23.2. The molecule has 32 heavy (non-hydrogen) atoms. The fourth-order valence-electron chi connectivity index (χ4n) is 3.31. The van der Waals surface area contributed by atoms with Gasteiger partial charge in [-0.25, -0.2) is 9.97 Å². The van der Waals surface area contributed by atoms with E-state index in [9.17, 15) is 4.79 Å². The lowest BCUT2D eigenvalue weighted by molar-refractivity contribution is 0.103.